The predicted octanol–water partition coefficient (Wildman–Crippen LogP) is 4.27. The Kier molecular flexibility index (Phi) is 13.7. The normalized spacial score (nSPS) is 34.8. The summed E-state index contributed by atoms with van der Waals surface area (Å²) in [5.74, 6) is 3.17. The van der Waals surface area contributed by atoms with Crippen molar-refractivity contribution in [1.82, 2.24) is 0 Å². The quantitative estimate of drug-likeness (QED) is 0.623. The van der Waals surface area contributed by atoms with Crippen LogP contribution in [-0.2, 0) is 9.47 Å². The standard InChI is InChI=1S/C9H18O.2C8H16O2/c1-7(2)8-5-3-4-6-9(8)10;1-6(2)7-5-10-4-3-8(7)9;1-6(2)7-3-4-10-5-8(7)9/h7-10H,3-6H2,1-2H3;2*6-9H,3-5H2,1-2H3/t8-,9+;2*7-,8+/m111/s1. The van der Waals surface area contributed by atoms with Crippen LogP contribution in [0.3, 0.4) is 0 Å². The van der Waals surface area contributed by atoms with E-state index in [1.54, 1.807) is 0 Å². The van der Waals surface area contributed by atoms with Crippen LogP contribution in [-0.4, -0.2) is 60.1 Å². The van der Waals surface area contributed by atoms with E-state index < -0.39 is 0 Å². The maximum Gasteiger partial charge on any atom is 0.0805 e. The Morgan fingerprint density at radius 3 is 1.40 bits per heavy atom. The Morgan fingerprint density at radius 1 is 0.533 bits per heavy atom. The number of hydrogen-bond acceptors (Lipinski definition) is 5. The first-order valence-corrected chi connectivity index (χ1v) is 12.3. The highest BCUT2D eigenvalue weighted by Gasteiger charge is 2.27. The van der Waals surface area contributed by atoms with Gasteiger partial charge in [-0.2, -0.15) is 0 Å². The molecule has 3 fully saturated rings. The molecule has 6 atom stereocenters. The fraction of sp³-hybridized carbons (Fsp3) is 1.00. The van der Waals surface area contributed by atoms with Crippen LogP contribution in [0.15, 0.2) is 0 Å². The number of rotatable bonds is 3. The zero-order valence-corrected chi connectivity index (χ0v) is 20.4. The molecule has 2 saturated heterocycles. The van der Waals surface area contributed by atoms with Crippen LogP contribution in [0.4, 0.5) is 0 Å². The second-order valence-corrected chi connectivity index (χ2v) is 10.4. The summed E-state index contributed by atoms with van der Waals surface area (Å²) in [6, 6.07) is 0. The first-order valence-electron chi connectivity index (χ1n) is 12.3. The maximum atomic E-state index is 9.54. The van der Waals surface area contributed by atoms with E-state index in [2.05, 4.69) is 41.5 Å². The van der Waals surface area contributed by atoms with Gasteiger partial charge in [0.2, 0.25) is 0 Å². The van der Waals surface area contributed by atoms with E-state index in [0.29, 0.717) is 42.1 Å². The minimum absolute atomic E-state index is 0.00579. The summed E-state index contributed by atoms with van der Waals surface area (Å²) >= 11 is 0. The molecule has 3 aliphatic rings. The Morgan fingerprint density at radius 2 is 1.00 bits per heavy atom. The summed E-state index contributed by atoms with van der Waals surface area (Å²) in [5, 5.41) is 28.4. The van der Waals surface area contributed by atoms with Gasteiger partial charge in [0.25, 0.3) is 0 Å². The molecule has 0 radical (unpaired) electrons. The second kappa shape index (κ2) is 14.8. The van der Waals surface area contributed by atoms with E-state index in [9.17, 15) is 15.3 Å². The first kappa shape index (κ1) is 27.8. The van der Waals surface area contributed by atoms with E-state index >= 15 is 0 Å². The Labute approximate surface area is 185 Å². The first-order chi connectivity index (χ1) is 14.1. The van der Waals surface area contributed by atoms with E-state index in [4.69, 9.17) is 9.47 Å². The minimum Gasteiger partial charge on any atom is -0.393 e. The molecule has 0 aromatic rings. The van der Waals surface area contributed by atoms with Gasteiger partial charge >= 0.3 is 0 Å². The van der Waals surface area contributed by atoms with E-state index in [1.807, 2.05) is 0 Å². The largest absolute Gasteiger partial charge is 0.393 e. The van der Waals surface area contributed by atoms with Crippen LogP contribution in [0.25, 0.3) is 0 Å². The van der Waals surface area contributed by atoms with Crippen molar-refractivity contribution in [3.8, 4) is 0 Å². The molecule has 180 valence electrons. The van der Waals surface area contributed by atoms with Crippen molar-refractivity contribution < 1.29 is 24.8 Å². The van der Waals surface area contributed by atoms with E-state index in [-0.39, 0.29) is 18.3 Å². The lowest BCUT2D eigenvalue weighted by Gasteiger charge is -2.30. The molecule has 0 aromatic heterocycles. The van der Waals surface area contributed by atoms with E-state index in [0.717, 1.165) is 39.1 Å². The third kappa shape index (κ3) is 9.95. The van der Waals surface area contributed by atoms with E-state index in [1.165, 1.54) is 19.3 Å². The molecule has 0 spiro atoms. The molecule has 0 aromatic carbocycles. The minimum atomic E-state index is -0.228. The summed E-state index contributed by atoms with van der Waals surface area (Å²) in [5.41, 5.74) is 0. The number of aliphatic hydroxyl groups is 3. The van der Waals surface area contributed by atoms with Gasteiger partial charge in [0.1, 0.15) is 0 Å². The average Bonchev–Trinajstić information content (AvgIpc) is 2.69. The fourth-order valence-corrected chi connectivity index (χ4v) is 4.82. The van der Waals surface area contributed by atoms with Gasteiger partial charge < -0.3 is 24.8 Å². The lowest BCUT2D eigenvalue weighted by atomic mass is 9.79. The zero-order valence-electron chi connectivity index (χ0n) is 20.4. The Balaban J connectivity index is 0.000000225. The molecule has 3 N–H and O–H groups in total. The summed E-state index contributed by atoms with van der Waals surface area (Å²) in [4.78, 5) is 0. The monoisotopic (exact) mass is 430 g/mol. The zero-order chi connectivity index (χ0) is 22.7. The van der Waals surface area contributed by atoms with Gasteiger partial charge in [0.15, 0.2) is 0 Å². The molecule has 0 bridgehead atoms. The van der Waals surface area contributed by atoms with Gasteiger partial charge in [-0.05, 0) is 55.3 Å². The van der Waals surface area contributed by atoms with Crippen LogP contribution in [0, 0.1) is 35.5 Å². The van der Waals surface area contributed by atoms with Crippen molar-refractivity contribution in [3.05, 3.63) is 0 Å². The molecule has 2 heterocycles. The summed E-state index contributed by atoms with van der Waals surface area (Å²) < 4.78 is 10.4. The Hall–Kier alpha value is -0.200. The van der Waals surface area contributed by atoms with Crippen LogP contribution in [0.5, 0.6) is 0 Å². The molecule has 30 heavy (non-hydrogen) atoms. The fourth-order valence-electron chi connectivity index (χ4n) is 4.82. The topological polar surface area (TPSA) is 79.2 Å². The van der Waals surface area contributed by atoms with Crippen LogP contribution < -0.4 is 0 Å². The van der Waals surface area contributed by atoms with Crippen molar-refractivity contribution in [1.29, 1.82) is 0 Å². The smallest absolute Gasteiger partial charge is 0.0805 e. The van der Waals surface area contributed by atoms with Gasteiger partial charge in [-0.3, -0.25) is 0 Å². The highest BCUT2D eigenvalue weighted by atomic mass is 16.5. The lowest BCUT2D eigenvalue weighted by Crippen LogP contribution is -2.35. The highest BCUT2D eigenvalue weighted by molar-refractivity contribution is 4.77. The molecule has 1 saturated carbocycles. The van der Waals surface area contributed by atoms with Crippen LogP contribution >= 0.6 is 0 Å². The molecular formula is C25H50O5. The molecule has 1 aliphatic carbocycles. The molecular weight excluding hydrogens is 380 g/mol. The lowest BCUT2D eigenvalue weighted by molar-refractivity contribution is -0.0572. The van der Waals surface area contributed by atoms with Gasteiger partial charge in [-0.15, -0.1) is 0 Å². The van der Waals surface area contributed by atoms with Crippen molar-refractivity contribution in [2.75, 3.05) is 26.4 Å². The van der Waals surface area contributed by atoms with Gasteiger partial charge in [0, 0.05) is 19.1 Å². The Bertz CT molecular complexity index is 364. The molecule has 2 aliphatic heterocycles. The van der Waals surface area contributed by atoms with Crippen molar-refractivity contribution in [3.63, 3.8) is 0 Å². The van der Waals surface area contributed by atoms with Crippen LogP contribution in [0.1, 0.15) is 80.1 Å². The third-order valence-electron chi connectivity index (χ3n) is 7.09. The molecule has 5 nitrogen and oxygen atoms in total. The molecule has 0 unspecified atom stereocenters. The van der Waals surface area contributed by atoms with Crippen molar-refractivity contribution >= 4 is 0 Å². The highest BCUT2D eigenvalue weighted by Crippen LogP contribution is 2.29. The summed E-state index contributed by atoms with van der Waals surface area (Å²) in [6.45, 7) is 15.8. The predicted molar refractivity (Wildman–Crippen MR) is 122 cm³/mol. The summed E-state index contributed by atoms with van der Waals surface area (Å²) in [6.07, 6.45) is 6.27. The molecule has 5 heteroatoms. The molecule has 3 rings (SSSR count). The van der Waals surface area contributed by atoms with Crippen LogP contribution in [0.2, 0.25) is 0 Å². The maximum absolute atomic E-state index is 9.54. The van der Waals surface area contributed by atoms with Gasteiger partial charge in [-0.1, -0.05) is 54.4 Å². The third-order valence-corrected chi connectivity index (χ3v) is 7.09. The van der Waals surface area contributed by atoms with Crippen molar-refractivity contribution in [2.45, 2.75) is 98.4 Å². The van der Waals surface area contributed by atoms with Crippen molar-refractivity contribution in [2.24, 2.45) is 35.5 Å². The number of aliphatic hydroxyl groups excluding tert-OH is 3. The number of ether oxygens (including phenoxy) is 2. The van der Waals surface area contributed by atoms with Gasteiger partial charge in [-0.25, -0.2) is 0 Å². The number of hydrogen-bond donors (Lipinski definition) is 3. The summed E-state index contributed by atoms with van der Waals surface area (Å²) in [7, 11) is 0. The van der Waals surface area contributed by atoms with Gasteiger partial charge in [0.05, 0.1) is 31.5 Å². The SMILES string of the molecule is CC(C)[C@H]1CCCC[C@@H]1O.CC(C)[C@H]1CCOC[C@@H]1O.CC(C)[C@H]1COCC[C@@H]1O. The second-order valence-electron chi connectivity index (χ2n) is 10.4. The average molecular weight is 431 g/mol. The molecule has 0 amide bonds.